The van der Waals surface area contributed by atoms with Gasteiger partial charge in [0.2, 0.25) is 10.0 Å². The van der Waals surface area contributed by atoms with Crippen LogP contribution < -0.4 is 5.14 Å². The average molecular weight is 220 g/mol. The maximum Gasteiger partial charge on any atom is 0.209 e. The number of rotatable bonds is 7. The monoisotopic (exact) mass is 220 g/mol. The topological polar surface area (TPSA) is 60.2 Å². The summed E-state index contributed by atoms with van der Waals surface area (Å²) in [6.45, 7) is 6.41. The Morgan fingerprint density at radius 3 is 2.36 bits per heavy atom. The van der Waals surface area contributed by atoms with Gasteiger partial charge in [0.1, 0.15) is 0 Å². The third kappa shape index (κ3) is 8.51. The summed E-state index contributed by atoms with van der Waals surface area (Å²) in [5.41, 5.74) is 0.126. The van der Waals surface area contributed by atoms with Crippen molar-refractivity contribution in [2.24, 2.45) is 10.6 Å². The largest absolute Gasteiger partial charge is 0.229 e. The standard InChI is InChI=1S/C10H22NO2S/c1-4-5-7-10(2,3)8-6-9-14(11,12)13/h8H,4-7,9H2,1-3H3,(H2,11,12,13). The van der Waals surface area contributed by atoms with E-state index in [9.17, 15) is 8.42 Å². The maximum absolute atomic E-state index is 10.7. The number of hydrogen-bond acceptors (Lipinski definition) is 2. The van der Waals surface area contributed by atoms with Gasteiger partial charge in [0.25, 0.3) is 0 Å². The molecule has 0 saturated heterocycles. The van der Waals surface area contributed by atoms with Crippen LogP contribution in [0.2, 0.25) is 0 Å². The zero-order valence-corrected chi connectivity index (χ0v) is 10.2. The summed E-state index contributed by atoms with van der Waals surface area (Å²) in [4.78, 5) is 0. The first-order chi connectivity index (χ1) is 6.27. The molecule has 0 bridgehead atoms. The second kappa shape index (κ2) is 5.71. The van der Waals surface area contributed by atoms with Crippen molar-refractivity contribution in [1.29, 1.82) is 0 Å². The van der Waals surface area contributed by atoms with Gasteiger partial charge in [-0.3, -0.25) is 0 Å². The van der Waals surface area contributed by atoms with Crippen molar-refractivity contribution in [3.05, 3.63) is 6.42 Å². The van der Waals surface area contributed by atoms with Gasteiger partial charge in [-0.05, 0) is 24.7 Å². The van der Waals surface area contributed by atoms with Gasteiger partial charge in [0.05, 0.1) is 5.75 Å². The Bertz CT molecular complexity index is 245. The van der Waals surface area contributed by atoms with E-state index in [2.05, 4.69) is 27.2 Å². The lowest BCUT2D eigenvalue weighted by atomic mass is 9.83. The summed E-state index contributed by atoms with van der Waals surface area (Å²) in [7, 11) is -3.30. The zero-order chi connectivity index (χ0) is 11.2. The highest BCUT2D eigenvalue weighted by molar-refractivity contribution is 7.89. The molecule has 0 spiro atoms. The normalized spacial score (nSPS) is 13.1. The quantitative estimate of drug-likeness (QED) is 0.714. The summed E-state index contributed by atoms with van der Waals surface area (Å²) < 4.78 is 21.4. The van der Waals surface area contributed by atoms with Crippen molar-refractivity contribution in [3.63, 3.8) is 0 Å². The van der Waals surface area contributed by atoms with Crippen LogP contribution in [0.1, 0.15) is 46.5 Å². The van der Waals surface area contributed by atoms with Crippen LogP contribution >= 0.6 is 0 Å². The van der Waals surface area contributed by atoms with Crippen molar-refractivity contribution in [2.45, 2.75) is 46.5 Å². The molecule has 0 saturated carbocycles. The molecule has 0 aromatic rings. The van der Waals surface area contributed by atoms with E-state index in [1.165, 1.54) is 12.8 Å². The fourth-order valence-electron chi connectivity index (χ4n) is 1.35. The van der Waals surface area contributed by atoms with Crippen LogP contribution in [0.15, 0.2) is 0 Å². The molecule has 3 nitrogen and oxygen atoms in total. The molecule has 0 aliphatic carbocycles. The molecule has 0 rings (SSSR count). The van der Waals surface area contributed by atoms with Crippen LogP contribution in [0.4, 0.5) is 0 Å². The van der Waals surface area contributed by atoms with E-state index < -0.39 is 10.0 Å². The molecule has 0 heterocycles. The lowest BCUT2D eigenvalue weighted by molar-refractivity contribution is 0.375. The highest BCUT2D eigenvalue weighted by Gasteiger charge is 2.17. The highest BCUT2D eigenvalue weighted by Crippen LogP contribution is 2.27. The third-order valence-corrected chi connectivity index (χ3v) is 3.08. The molecule has 1 radical (unpaired) electrons. The third-order valence-electron chi connectivity index (χ3n) is 2.27. The van der Waals surface area contributed by atoms with Crippen LogP contribution in [0.25, 0.3) is 0 Å². The Morgan fingerprint density at radius 2 is 1.93 bits per heavy atom. The molecule has 14 heavy (non-hydrogen) atoms. The van der Waals surface area contributed by atoms with Gasteiger partial charge in [-0.2, -0.15) is 0 Å². The van der Waals surface area contributed by atoms with E-state index in [1.54, 1.807) is 0 Å². The Kier molecular flexibility index (Phi) is 5.67. The van der Waals surface area contributed by atoms with Crippen molar-refractivity contribution in [3.8, 4) is 0 Å². The van der Waals surface area contributed by atoms with Gasteiger partial charge < -0.3 is 0 Å². The lowest BCUT2D eigenvalue weighted by Crippen LogP contribution is -2.19. The van der Waals surface area contributed by atoms with Crippen LogP contribution in [0.3, 0.4) is 0 Å². The molecule has 0 atom stereocenters. The second-order valence-corrected chi connectivity index (χ2v) is 6.19. The Labute approximate surface area is 88.1 Å². The number of sulfonamides is 1. The van der Waals surface area contributed by atoms with Crippen molar-refractivity contribution >= 4 is 10.0 Å². The molecule has 0 unspecified atom stereocenters. The fourth-order valence-corrected chi connectivity index (χ4v) is 1.79. The SMILES string of the molecule is CCCCC(C)(C)[CH]CCS(N)(=O)=O. The van der Waals surface area contributed by atoms with Crippen LogP contribution in [0.5, 0.6) is 0 Å². The van der Waals surface area contributed by atoms with Gasteiger partial charge in [0, 0.05) is 0 Å². The highest BCUT2D eigenvalue weighted by atomic mass is 32.2. The molecule has 0 fully saturated rings. The summed E-state index contributed by atoms with van der Waals surface area (Å²) in [6, 6.07) is 0. The Morgan fingerprint density at radius 1 is 1.36 bits per heavy atom. The fraction of sp³-hybridized carbons (Fsp3) is 0.900. The van der Waals surface area contributed by atoms with Gasteiger partial charge in [0.15, 0.2) is 0 Å². The minimum atomic E-state index is -3.30. The molecule has 85 valence electrons. The number of primary sulfonamides is 1. The van der Waals surface area contributed by atoms with Gasteiger partial charge in [-0.1, -0.05) is 33.6 Å². The first-order valence-electron chi connectivity index (χ1n) is 5.12. The van der Waals surface area contributed by atoms with E-state index in [0.29, 0.717) is 6.42 Å². The Hall–Kier alpha value is -0.0900. The van der Waals surface area contributed by atoms with Gasteiger partial charge >= 0.3 is 0 Å². The smallest absolute Gasteiger partial charge is 0.209 e. The maximum atomic E-state index is 10.7. The number of nitrogens with two attached hydrogens (primary N) is 1. The molecule has 0 amide bonds. The minimum Gasteiger partial charge on any atom is -0.229 e. The average Bonchev–Trinajstić information content (AvgIpc) is 1.98. The van der Waals surface area contributed by atoms with E-state index in [4.69, 9.17) is 5.14 Å². The predicted molar refractivity (Wildman–Crippen MR) is 60.2 cm³/mol. The summed E-state index contributed by atoms with van der Waals surface area (Å²) in [5.74, 6) is 0.0581. The van der Waals surface area contributed by atoms with Gasteiger partial charge in [-0.15, -0.1) is 0 Å². The van der Waals surface area contributed by atoms with Crippen molar-refractivity contribution in [1.82, 2.24) is 0 Å². The molecule has 2 N–H and O–H groups in total. The molecule has 0 aliphatic heterocycles. The molecular weight excluding hydrogens is 198 g/mol. The van der Waals surface area contributed by atoms with Crippen LogP contribution in [-0.4, -0.2) is 14.2 Å². The van der Waals surface area contributed by atoms with Crippen molar-refractivity contribution < 1.29 is 8.42 Å². The predicted octanol–water partition coefficient (Wildman–Crippen LogP) is 2.09. The van der Waals surface area contributed by atoms with E-state index in [-0.39, 0.29) is 11.2 Å². The summed E-state index contributed by atoms with van der Waals surface area (Å²) >= 11 is 0. The molecule has 4 heteroatoms. The number of hydrogen-bond donors (Lipinski definition) is 1. The van der Waals surface area contributed by atoms with Crippen LogP contribution in [0, 0.1) is 11.8 Å². The zero-order valence-electron chi connectivity index (χ0n) is 9.41. The molecule has 0 aromatic carbocycles. The summed E-state index contributed by atoms with van der Waals surface area (Å²) in [6.07, 6.45) is 6.07. The van der Waals surface area contributed by atoms with Crippen molar-refractivity contribution in [2.75, 3.05) is 5.75 Å². The van der Waals surface area contributed by atoms with E-state index >= 15 is 0 Å². The van der Waals surface area contributed by atoms with Crippen LogP contribution in [-0.2, 0) is 10.0 Å². The Balaban J connectivity index is 3.76. The van der Waals surface area contributed by atoms with Gasteiger partial charge in [-0.25, -0.2) is 13.6 Å². The molecule has 0 aliphatic rings. The molecule has 0 aromatic heterocycles. The minimum absolute atomic E-state index is 0.0581. The molecular formula is C10H22NO2S. The second-order valence-electron chi connectivity index (χ2n) is 4.45. The number of unbranched alkanes of at least 4 members (excludes halogenated alkanes) is 1. The van der Waals surface area contributed by atoms with E-state index in [1.807, 2.05) is 0 Å². The van der Waals surface area contributed by atoms with E-state index in [0.717, 1.165) is 6.42 Å². The first-order valence-corrected chi connectivity index (χ1v) is 6.83. The summed E-state index contributed by atoms with van der Waals surface area (Å²) in [5, 5.41) is 4.92. The first kappa shape index (κ1) is 13.9. The lowest BCUT2D eigenvalue weighted by Gasteiger charge is -2.23.